The highest BCUT2D eigenvalue weighted by Gasteiger charge is 2.36. The smallest absolute Gasteiger partial charge is 0.238 e. The first-order valence-electron chi connectivity index (χ1n) is 8.94. The minimum atomic E-state index is -3.86. The van der Waals surface area contributed by atoms with Crippen LogP contribution < -0.4 is 15.8 Å². The van der Waals surface area contributed by atoms with Crippen LogP contribution in [0.5, 0.6) is 0 Å². The molecule has 150 valence electrons. The Balaban J connectivity index is 2.05. The van der Waals surface area contributed by atoms with E-state index in [0.29, 0.717) is 24.6 Å². The summed E-state index contributed by atoms with van der Waals surface area (Å²) in [4.78, 5) is 28.0. The van der Waals surface area contributed by atoms with Gasteiger partial charge in [-0.3, -0.25) is 9.59 Å². The fourth-order valence-corrected chi connectivity index (χ4v) is 3.60. The number of rotatable bonds is 7. The zero-order chi connectivity index (χ0) is 20.4. The fourth-order valence-electron chi connectivity index (χ4n) is 3.05. The third-order valence-corrected chi connectivity index (χ3v) is 5.87. The molecule has 1 aliphatic rings. The fraction of sp³-hybridized carbons (Fsp3) is 0.556. The Morgan fingerprint density at radius 1 is 1.37 bits per heavy atom. The quantitative estimate of drug-likeness (QED) is 0.695. The van der Waals surface area contributed by atoms with Crippen molar-refractivity contribution in [3.05, 3.63) is 24.3 Å². The van der Waals surface area contributed by atoms with Crippen LogP contribution in [-0.2, 0) is 19.6 Å². The maximum Gasteiger partial charge on any atom is 0.238 e. The molecule has 0 spiro atoms. The van der Waals surface area contributed by atoms with Crippen molar-refractivity contribution in [3.8, 4) is 0 Å². The van der Waals surface area contributed by atoms with E-state index in [1.54, 1.807) is 18.0 Å². The van der Waals surface area contributed by atoms with Crippen molar-refractivity contribution in [3.63, 3.8) is 0 Å². The summed E-state index contributed by atoms with van der Waals surface area (Å²) >= 11 is 0. The zero-order valence-corrected chi connectivity index (χ0v) is 16.8. The standard InChI is InChI=1S/C18H28N4O4S/c1-12(2)16(19)7-8-21(3)18(24)13-9-17(23)22(11-13)14-5-4-6-15(10-14)27(20,25)26/h4-6,10,12-13,16H,7-9,11,19H2,1-3H3,(H2,20,25,26). The van der Waals surface area contributed by atoms with E-state index in [-0.39, 0.29) is 35.7 Å². The summed E-state index contributed by atoms with van der Waals surface area (Å²) in [5.41, 5.74) is 6.45. The van der Waals surface area contributed by atoms with Gasteiger partial charge in [-0.25, -0.2) is 13.6 Å². The van der Waals surface area contributed by atoms with Gasteiger partial charge in [0.1, 0.15) is 0 Å². The van der Waals surface area contributed by atoms with Gasteiger partial charge in [-0.05, 0) is 30.5 Å². The number of nitrogens with two attached hydrogens (primary N) is 2. The molecule has 0 radical (unpaired) electrons. The minimum Gasteiger partial charge on any atom is -0.345 e. The third kappa shape index (κ3) is 5.27. The van der Waals surface area contributed by atoms with Crippen molar-refractivity contribution in [2.24, 2.45) is 22.7 Å². The predicted molar refractivity (Wildman–Crippen MR) is 103 cm³/mol. The first kappa shape index (κ1) is 21.3. The average molecular weight is 397 g/mol. The van der Waals surface area contributed by atoms with E-state index in [4.69, 9.17) is 10.9 Å². The summed E-state index contributed by atoms with van der Waals surface area (Å²) in [6.45, 7) is 4.82. The Kier molecular flexibility index (Phi) is 6.61. The molecule has 4 N–H and O–H groups in total. The van der Waals surface area contributed by atoms with Crippen LogP contribution in [0.25, 0.3) is 0 Å². The van der Waals surface area contributed by atoms with Crippen molar-refractivity contribution in [1.29, 1.82) is 0 Å². The lowest BCUT2D eigenvalue weighted by Crippen LogP contribution is -2.38. The molecule has 0 aromatic heterocycles. The molecule has 1 heterocycles. The molecule has 8 nitrogen and oxygen atoms in total. The molecule has 2 atom stereocenters. The van der Waals surface area contributed by atoms with E-state index < -0.39 is 15.9 Å². The van der Waals surface area contributed by atoms with E-state index >= 15 is 0 Å². The molecule has 0 aliphatic carbocycles. The molecule has 2 amide bonds. The lowest BCUT2D eigenvalue weighted by atomic mass is 10.0. The molecule has 1 fully saturated rings. The molecule has 2 unspecified atom stereocenters. The van der Waals surface area contributed by atoms with Crippen LogP contribution >= 0.6 is 0 Å². The molecule has 9 heteroatoms. The number of carbonyl (C=O) groups is 2. The Bertz CT molecular complexity index is 809. The normalized spacial score (nSPS) is 18.8. The molecular formula is C18H28N4O4S. The van der Waals surface area contributed by atoms with Crippen molar-refractivity contribution in [1.82, 2.24) is 4.90 Å². The number of benzene rings is 1. The number of anilines is 1. The number of hydrogen-bond donors (Lipinski definition) is 2. The molecule has 1 aromatic carbocycles. The van der Waals surface area contributed by atoms with Crippen molar-refractivity contribution in [2.45, 2.75) is 37.6 Å². The lowest BCUT2D eigenvalue weighted by Gasteiger charge is -2.24. The molecule has 1 aliphatic heterocycles. The highest BCUT2D eigenvalue weighted by molar-refractivity contribution is 7.89. The summed E-state index contributed by atoms with van der Waals surface area (Å²) in [6, 6.07) is 5.89. The summed E-state index contributed by atoms with van der Waals surface area (Å²) in [7, 11) is -2.15. The molecule has 0 saturated carbocycles. The van der Waals surface area contributed by atoms with Gasteiger partial charge in [-0.1, -0.05) is 19.9 Å². The van der Waals surface area contributed by atoms with Crippen LogP contribution in [0.1, 0.15) is 26.7 Å². The number of primary sulfonamides is 1. The van der Waals surface area contributed by atoms with Crippen LogP contribution in [0.3, 0.4) is 0 Å². The predicted octanol–water partition coefficient (Wildman–Crippen LogP) is 0.519. The van der Waals surface area contributed by atoms with Gasteiger partial charge in [-0.2, -0.15) is 0 Å². The second kappa shape index (κ2) is 8.37. The van der Waals surface area contributed by atoms with Crippen LogP contribution in [0, 0.1) is 11.8 Å². The van der Waals surface area contributed by atoms with E-state index in [1.807, 2.05) is 13.8 Å². The highest BCUT2D eigenvalue weighted by Crippen LogP contribution is 2.27. The Morgan fingerprint density at radius 2 is 2.04 bits per heavy atom. The summed E-state index contributed by atoms with van der Waals surface area (Å²) < 4.78 is 23.0. The van der Waals surface area contributed by atoms with Crippen LogP contribution in [0.4, 0.5) is 5.69 Å². The van der Waals surface area contributed by atoms with E-state index in [0.717, 1.165) is 0 Å². The Hall–Kier alpha value is -1.97. The zero-order valence-electron chi connectivity index (χ0n) is 16.0. The van der Waals surface area contributed by atoms with Gasteiger partial charge in [-0.15, -0.1) is 0 Å². The first-order chi connectivity index (χ1) is 12.5. The van der Waals surface area contributed by atoms with Gasteiger partial charge in [0.2, 0.25) is 21.8 Å². The lowest BCUT2D eigenvalue weighted by molar-refractivity contribution is -0.134. The van der Waals surface area contributed by atoms with Gasteiger partial charge < -0.3 is 15.5 Å². The van der Waals surface area contributed by atoms with Gasteiger partial charge in [0.15, 0.2) is 0 Å². The second-order valence-corrected chi connectivity index (χ2v) is 8.97. The largest absolute Gasteiger partial charge is 0.345 e. The molecule has 1 aromatic rings. The van der Waals surface area contributed by atoms with Gasteiger partial charge in [0, 0.05) is 38.3 Å². The molecule has 0 bridgehead atoms. The van der Waals surface area contributed by atoms with E-state index in [9.17, 15) is 18.0 Å². The molecule has 1 saturated heterocycles. The number of nitrogens with zero attached hydrogens (tertiary/aromatic N) is 2. The topological polar surface area (TPSA) is 127 Å². The summed E-state index contributed by atoms with van der Waals surface area (Å²) in [5, 5.41) is 5.15. The van der Waals surface area contributed by atoms with Crippen molar-refractivity contribution >= 4 is 27.5 Å². The maximum atomic E-state index is 12.7. The Labute approximate surface area is 160 Å². The molecular weight excluding hydrogens is 368 g/mol. The van der Waals surface area contributed by atoms with Crippen molar-refractivity contribution in [2.75, 3.05) is 25.0 Å². The second-order valence-electron chi connectivity index (χ2n) is 7.40. The summed E-state index contributed by atoms with van der Waals surface area (Å²) in [6.07, 6.45) is 0.791. The van der Waals surface area contributed by atoms with E-state index in [2.05, 4.69) is 0 Å². The van der Waals surface area contributed by atoms with Gasteiger partial charge >= 0.3 is 0 Å². The highest BCUT2D eigenvalue weighted by atomic mass is 32.2. The average Bonchev–Trinajstić information content (AvgIpc) is 2.99. The maximum absolute atomic E-state index is 12.7. The molecule has 27 heavy (non-hydrogen) atoms. The first-order valence-corrected chi connectivity index (χ1v) is 10.5. The van der Waals surface area contributed by atoms with Crippen molar-refractivity contribution < 1.29 is 18.0 Å². The van der Waals surface area contributed by atoms with E-state index in [1.165, 1.54) is 23.1 Å². The van der Waals surface area contributed by atoms with Gasteiger partial charge in [0.05, 0.1) is 10.8 Å². The van der Waals surface area contributed by atoms with Crippen LogP contribution in [-0.4, -0.2) is 51.3 Å². The minimum absolute atomic E-state index is 0.0166. The van der Waals surface area contributed by atoms with Crippen LogP contribution in [0.15, 0.2) is 29.2 Å². The number of hydrogen-bond acceptors (Lipinski definition) is 5. The molecule has 2 rings (SSSR count). The third-order valence-electron chi connectivity index (χ3n) is 4.96. The Morgan fingerprint density at radius 3 is 2.63 bits per heavy atom. The van der Waals surface area contributed by atoms with Gasteiger partial charge in [0.25, 0.3) is 0 Å². The van der Waals surface area contributed by atoms with Crippen LogP contribution in [0.2, 0.25) is 0 Å². The SMILES string of the molecule is CC(C)C(N)CCN(C)C(=O)C1CC(=O)N(c2cccc(S(N)(=O)=O)c2)C1. The number of carbonyl (C=O) groups excluding carboxylic acids is 2. The monoisotopic (exact) mass is 396 g/mol. The number of sulfonamides is 1. The summed E-state index contributed by atoms with van der Waals surface area (Å²) in [5.74, 6) is -0.448. The number of amides is 2.